The van der Waals surface area contributed by atoms with Gasteiger partial charge in [-0.25, -0.2) is 8.42 Å². The van der Waals surface area contributed by atoms with Crippen LogP contribution in [-0.4, -0.2) is 31.4 Å². The Bertz CT molecular complexity index is 532. The molecule has 0 aliphatic rings. The molecule has 0 spiro atoms. The van der Waals surface area contributed by atoms with Crippen LogP contribution in [0.1, 0.15) is 20.3 Å². The molecule has 5 nitrogen and oxygen atoms in total. The predicted octanol–water partition coefficient (Wildman–Crippen LogP) is 1.72. The minimum absolute atomic E-state index is 0.00328. The maximum Gasteiger partial charge on any atom is 0.325 e. The van der Waals surface area contributed by atoms with Crippen molar-refractivity contribution in [2.45, 2.75) is 29.9 Å². The van der Waals surface area contributed by atoms with E-state index in [1.165, 1.54) is 45.2 Å². The molecule has 0 radical (unpaired) electrons. The molecular weight excluding hydrogens is 256 g/mol. The van der Waals surface area contributed by atoms with Gasteiger partial charge in [0.1, 0.15) is 5.75 Å². The molecule has 0 bridgehead atoms. The Balaban J connectivity index is 3.32. The summed E-state index contributed by atoms with van der Waals surface area (Å²) in [5.74, 6) is -0.830. The van der Waals surface area contributed by atoms with Crippen molar-refractivity contribution < 1.29 is 23.1 Å². The van der Waals surface area contributed by atoms with Gasteiger partial charge >= 0.3 is 5.97 Å². The van der Waals surface area contributed by atoms with Gasteiger partial charge in [0, 0.05) is 0 Å². The molecule has 0 aromatic heterocycles. The summed E-state index contributed by atoms with van der Waals surface area (Å²) in [5.41, 5.74) is 0. The number of sulfone groups is 1. The Labute approximate surface area is 106 Å². The zero-order valence-electron chi connectivity index (χ0n) is 10.5. The smallest absolute Gasteiger partial charge is 0.325 e. The molecule has 1 rings (SSSR count). The van der Waals surface area contributed by atoms with Crippen LogP contribution < -0.4 is 4.74 Å². The SMILES string of the molecule is CCC(C)(C(=O)O)S(=O)(=O)c1ccc(OC)cc1. The van der Waals surface area contributed by atoms with Crippen LogP contribution in [0.25, 0.3) is 0 Å². The lowest BCUT2D eigenvalue weighted by molar-refractivity contribution is -0.139. The van der Waals surface area contributed by atoms with Crippen LogP contribution in [0.3, 0.4) is 0 Å². The second-order valence-electron chi connectivity index (χ2n) is 4.07. The largest absolute Gasteiger partial charge is 0.497 e. The van der Waals surface area contributed by atoms with Crippen LogP contribution >= 0.6 is 0 Å². The van der Waals surface area contributed by atoms with Gasteiger partial charge in [0.15, 0.2) is 14.6 Å². The molecule has 1 aromatic rings. The number of carbonyl (C=O) groups is 1. The van der Waals surface area contributed by atoms with E-state index in [-0.39, 0.29) is 11.3 Å². The third kappa shape index (κ3) is 2.20. The highest BCUT2D eigenvalue weighted by Crippen LogP contribution is 2.30. The summed E-state index contributed by atoms with van der Waals surface area (Å²) in [6, 6.07) is 5.69. The summed E-state index contributed by atoms with van der Waals surface area (Å²) < 4.78 is 27.7. The number of carboxylic acid groups (broad SMARTS) is 1. The van der Waals surface area contributed by atoms with Crippen molar-refractivity contribution in [3.8, 4) is 5.75 Å². The maximum atomic E-state index is 12.3. The summed E-state index contributed by atoms with van der Waals surface area (Å²) >= 11 is 0. The number of carboxylic acids is 1. The van der Waals surface area contributed by atoms with E-state index in [0.29, 0.717) is 5.75 Å². The number of aliphatic carboxylic acids is 1. The minimum atomic E-state index is -3.93. The molecule has 18 heavy (non-hydrogen) atoms. The van der Waals surface area contributed by atoms with E-state index in [4.69, 9.17) is 9.84 Å². The van der Waals surface area contributed by atoms with Crippen molar-refractivity contribution in [3.63, 3.8) is 0 Å². The van der Waals surface area contributed by atoms with Crippen LogP contribution in [-0.2, 0) is 14.6 Å². The van der Waals surface area contributed by atoms with E-state index in [1.807, 2.05) is 0 Å². The topological polar surface area (TPSA) is 80.7 Å². The van der Waals surface area contributed by atoms with E-state index in [2.05, 4.69) is 0 Å². The minimum Gasteiger partial charge on any atom is -0.497 e. The van der Waals surface area contributed by atoms with Gasteiger partial charge in [-0.05, 0) is 37.6 Å². The van der Waals surface area contributed by atoms with Crippen molar-refractivity contribution in [2.75, 3.05) is 7.11 Å². The van der Waals surface area contributed by atoms with Crippen LogP contribution in [0.15, 0.2) is 29.2 Å². The van der Waals surface area contributed by atoms with Crippen LogP contribution in [0.2, 0.25) is 0 Å². The van der Waals surface area contributed by atoms with Gasteiger partial charge in [-0.2, -0.15) is 0 Å². The Morgan fingerprint density at radius 3 is 2.17 bits per heavy atom. The summed E-state index contributed by atoms with van der Waals surface area (Å²) in [5, 5.41) is 9.13. The first-order valence-corrected chi connectivity index (χ1v) is 6.90. The molecule has 1 N–H and O–H groups in total. The highest BCUT2D eigenvalue weighted by Gasteiger charge is 2.45. The fraction of sp³-hybridized carbons (Fsp3) is 0.417. The maximum absolute atomic E-state index is 12.3. The van der Waals surface area contributed by atoms with E-state index >= 15 is 0 Å². The summed E-state index contributed by atoms with van der Waals surface area (Å²) in [6.07, 6.45) is -0.00328. The van der Waals surface area contributed by atoms with Gasteiger partial charge in [-0.15, -0.1) is 0 Å². The molecule has 0 saturated heterocycles. The molecule has 1 unspecified atom stereocenters. The molecule has 0 heterocycles. The molecule has 0 aliphatic carbocycles. The van der Waals surface area contributed by atoms with Crippen LogP contribution in [0.5, 0.6) is 5.75 Å². The van der Waals surface area contributed by atoms with E-state index in [0.717, 1.165) is 0 Å². The van der Waals surface area contributed by atoms with Crippen molar-refractivity contribution in [3.05, 3.63) is 24.3 Å². The standard InChI is InChI=1S/C12H16O5S/c1-4-12(2,11(13)14)18(15,16)10-7-5-9(17-3)6-8-10/h5-8H,4H2,1-3H3,(H,13,14). The first kappa shape index (κ1) is 14.5. The van der Waals surface area contributed by atoms with Crippen molar-refractivity contribution in [1.82, 2.24) is 0 Å². The van der Waals surface area contributed by atoms with Gasteiger partial charge in [0.25, 0.3) is 0 Å². The third-order valence-electron chi connectivity index (χ3n) is 3.09. The predicted molar refractivity (Wildman–Crippen MR) is 66.5 cm³/mol. The third-order valence-corrected chi connectivity index (χ3v) is 5.63. The Hall–Kier alpha value is -1.56. The van der Waals surface area contributed by atoms with E-state index < -0.39 is 20.6 Å². The second kappa shape index (κ2) is 4.97. The van der Waals surface area contributed by atoms with Gasteiger partial charge < -0.3 is 9.84 Å². The molecule has 0 fully saturated rings. The number of hydrogen-bond donors (Lipinski definition) is 1. The number of benzene rings is 1. The van der Waals surface area contributed by atoms with Gasteiger partial charge in [-0.3, -0.25) is 4.79 Å². The first-order chi connectivity index (χ1) is 8.29. The van der Waals surface area contributed by atoms with Crippen LogP contribution in [0.4, 0.5) is 0 Å². The Morgan fingerprint density at radius 2 is 1.83 bits per heavy atom. The van der Waals surface area contributed by atoms with Gasteiger partial charge in [0.05, 0.1) is 12.0 Å². The summed E-state index contributed by atoms with van der Waals surface area (Å²) in [7, 11) is -2.46. The lowest BCUT2D eigenvalue weighted by Crippen LogP contribution is -2.42. The molecule has 0 saturated carbocycles. The fourth-order valence-corrected chi connectivity index (χ4v) is 3.10. The average Bonchev–Trinajstić information content (AvgIpc) is 2.37. The molecular formula is C12H16O5S. The lowest BCUT2D eigenvalue weighted by Gasteiger charge is -2.23. The molecule has 100 valence electrons. The highest BCUT2D eigenvalue weighted by atomic mass is 32.2. The van der Waals surface area contributed by atoms with Crippen molar-refractivity contribution >= 4 is 15.8 Å². The normalized spacial score (nSPS) is 14.8. The number of ether oxygens (including phenoxy) is 1. The van der Waals surface area contributed by atoms with Gasteiger partial charge in [-0.1, -0.05) is 6.92 Å². The van der Waals surface area contributed by atoms with E-state index in [9.17, 15) is 13.2 Å². The number of hydrogen-bond acceptors (Lipinski definition) is 4. The van der Waals surface area contributed by atoms with Crippen molar-refractivity contribution in [1.29, 1.82) is 0 Å². The molecule has 0 amide bonds. The molecule has 6 heteroatoms. The summed E-state index contributed by atoms with van der Waals surface area (Å²) in [4.78, 5) is 11.2. The average molecular weight is 272 g/mol. The zero-order chi connectivity index (χ0) is 14.0. The number of methoxy groups -OCH3 is 1. The zero-order valence-corrected chi connectivity index (χ0v) is 11.3. The molecule has 0 aliphatic heterocycles. The van der Waals surface area contributed by atoms with Gasteiger partial charge in [0.2, 0.25) is 0 Å². The quantitative estimate of drug-likeness (QED) is 0.882. The summed E-state index contributed by atoms with van der Waals surface area (Å²) in [6.45, 7) is 2.75. The van der Waals surface area contributed by atoms with E-state index in [1.54, 1.807) is 0 Å². The Kier molecular flexibility index (Phi) is 4.01. The van der Waals surface area contributed by atoms with Crippen LogP contribution in [0, 0.1) is 0 Å². The number of rotatable bonds is 5. The monoisotopic (exact) mass is 272 g/mol. The highest BCUT2D eigenvalue weighted by molar-refractivity contribution is 7.93. The molecule has 1 aromatic carbocycles. The van der Waals surface area contributed by atoms with Crippen molar-refractivity contribution in [2.24, 2.45) is 0 Å². The first-order valence-electron chi connectivity index (χ1n) is 5.41. The fourth-order valence-electron chi connectivity index (χ4n) is 1.47. The molecule has 1 atom stereocenters. The lowest BCUT2D eigenvalue weighted by atomic mass is 10.1. The Morgan fingerprint density at radius 1 is 1.33 bits per heavy atom. The second-order valence-corrected chi connectivity index (χ2v) is 6.45.